The molecule has 0 radical (unpaired) electrons. The van der Waals surface area contributed by atoms with Gasteiger partial charge in [0.15, 0.2) is 0 Å². The summed E-state index contributed by atoms with van der Waals surface area (Å²) in [6.07, 6.45) is 2.62. The van der Waals surface area contributed by atoms with Gasteiger partial charge in [0.2, 0.25) is 5.91 Å². The first-order valence-corrected chi connectivity index (χ1v) is 10.6. The highest BCUT2D eigenvalue weighted by Gasteiger charge is 2.52. The number of nitrogens with zero attached hydrogens (tertiary/aromatic N) is 1. The molecule has 0 saturated carbocycles. The van der Waals surface area contributed by atoms with Gasteiger partial charge in [-0.25, -0.2) is 9.18 Å². The van der Waals surface area contributed by atoms with Crippen molar-refractivity contribution >= 4 is 23.5 Å². The molecule has 1 heterocycles. The Balaban J connectivity index is 1.84. The van der Waals surface area contributed by atoms with E-state index in [1.165, 1.54) is 24.3 Å². The third kappa shape index (κ3) is 4.45. The Hall–Kier alpha value is -3.22. The van der Waals surface area contributed by atoms with Crippen molar-refractivity contribution in [1.29, 1.82) is 0 Å². The zero-order valence-corrected chi connectivity index (χ0v) is 18.1. The lowest BCUT2D eigenvalue weighted by Crippen LogP contribution is -2.44. The van der Waals surface area contributed by atoms with Gasteiger partial charge < -0.3 is 10.6 Å². The molecule has 3 rings (SSSR count). The summed E-state index contributed by atoms with van der Waals surface area (Å²) in [7, 11) is 0. The van der Waals surface area contributed by atoms with Gasteiger partial charge in [-0.05, 0) is 48.6 Å². The van der Waals surface area contributed by atoms with Crippen LogP contribution in [0.3, 0.4) is 0 Å². The maximum atomic E-state index is 13.4. The molecule has 0 bridgehead atoms. The Morgan fingerprint density at radius 2 is 1.84 bits per heavy atom. The number of unbranched alkanes of at least 4 members (excludes halogenated alkanes) is 1. The van der Waals surface area contributed by atoms with Gasteiger partial charge in [0.25, 0.3) is 5.91 Å². The van der Waals surface area contributed by atoms with Gasteiger partial charge >= 0.3 is 6.03 Å². The molecule has 31 heavy (non-hydrogen) atoms. The summed E-state index contributed by atoms with van der Waals surface area (Å²) in [6, 6.07) is 10.7. The normalized spacial score (nSPS) is 18.3. The summed E-state index contributed by atoms with van der Waals surface area (Å²) >= 11 is 0. The Bertz CT molecular complexity index is 990. The molecule has 1 atom stereocenters. The standard InChI is InChI=1S/C24H28FN3O3/c1-4-6-14-24(18-10-12-19(25)13-11-18)22(30)28(23(31)27-24)15-20(29)26-21-16(3)8-7-9-17(21)5-2/h7-13H,4-6,14-15H2,1-3H3,(H,26,29)(H,27,31). The number of anilines is 1. The molecule has 1 unspecified atom stereocenters. The molecule has 2 N–H and O–H groups in total. The van der Waals surface area contributed by atoms with E-state index in [-0.39, 0.29) is 0 Å². The molecule has 6 nitrogen and oxygen atoms in total. The highest BCUT2D eigenvalue weighted by atomic mass is 19.1. The molecule has 0 aliphatic carbocycles. The summed E-state index contributed by atoms with van der Waals surface area (Å²) in [6.45, 7) is 5.48. The van der Waals surface area contributed by atoms with Gasteiger partial charge in [-0.2, -0.15) is 0 Å². The van der Waals surface area contributed by atoms with Crippen LogP contribution in [0.2, 0.25) is 0 Å². The number of amides is 4. The second-order valence-corrected chi connectivity index (χ2v) is 7.85. The second-order valence-electron chi connectivity index (χ2n) is 7.85. The molecule has 0 spiro atoms. The fourth-order valence-corrected chi connectivity index (χ4v) is 3.98. The highest BCUT2D eigenvalue weighted by Crippen LogP contribution is 2.34. The Kier molecular flexibility index (Phi) is 6.73. The quantitative estimate of drug-likeness (QED) is 0.620. The molecule has 0 aromatic heterocycles. The molecule has 7 heteroatoms. The van der Waals surface area contributed by atoms with Crippen molar-refractivity contribution in [1.82, 2.24) is 10.2 Å². The molecule has 2 aromatic carbocycles. The fraction of sp³-hybridized carbons (Fsp3) is 0.375. The highest BCUT2D eigenvalue weighted by molar-refractivity contribution is 6.10. The van der Waals surface area contributed by atoms with Crippen LogP contribution in [0.15, 0.2) is 42.5 Å². The zero-order valence-electron chi connectivity index (χ0n) is 18.1. The number of benzene rings is 2. The van der Waals surface area contributed by atoms with Crippen LogP contribution in [-0.2, 0) is 21.5 Å². The van der Waals surface area contributed by atoms with E-state index < -0.39 is 35.7 Å². The number of rotatable bonds is 8. The molecular weight excluding hydrogens is 397 g/mol. The number of carbonyl (C=O) groups is 3. The van der Waals surface area contributed by atoms with E-state index in [2.05, 4.69) is 10.6 Å². The van der Waals surface area contributed by atoms with E-state index in [4.69, 9.17) is 0 Å². The van der Waals surface area contributed by atoms with E-state index in [0.29, 0.717) is 24.1 Å². The SMILES string of the molecule is CCCCC1(c2ccc(F)cc2)NC(=O)N(CC(=O)Nc2c(C)cccc2CC)C1=O. The van der Waals surface area contributed by atoms with Crippen molar-refractivity contribution in [3.05, 3.63) is 65.0 Å². The van der Waals surface area contributed by atoms with E-state index in [0.717, 1.165) is 28.9 Å². The van der Waals surface area contributed by atoms with Gasteiger partial charge in [0.1, 0.15) is 17.9 Å². The van der Waals surface area contributed by atoms with Crippen LogP contribution >= 0.6 is 0 Å². The van der Waals surface area contributed by atoms with E-state index >= 15 is 0 Å². The van der Waals surface area contributed by atoms with Crippen molar-refractivity contribution in [3.63, 3.8) is 0 Å². The summed E-state index contributed by atoms with van der Waals surface area (Å²) in [5.41, 5.74) is 1.81. The minimum absolute atomic E-state index is 0.371. The minimum atomic E-state index is -1.29. The number of imide groups is 1. The largest absolute Gasteiger partial charge is 0.325 e. The number of aryl methyl sites for hydroxylation is 2. The molecule has 4 amide bonds. The van der Waals surface area contributed by atoms with E-state index in [1.807, 2.05) is 39.0 Å². The van der Waals surface area contributed by atoms with Crippen molar-refractivity contribution in [2.45, 2.75) is 52.0 Å². The molecule has 2 aromatic rings. The number of hydrogen-bond acceptors (Lipinski definition) is 3. The number of halogens is 1. The summed E-state index contributed by atoms with van der Waals surface area (Å²) in [4.78, 5) is 39.8. The summed E-state index contributed by atoms with van der Waals surface area (Å²) in [5, 5.41) is 5.63. The number of nitrogens with one attached hydrogen (secondary N) is 2. The van der Waals surface area contributed by atoms with Crippen LogP contribution in [0, 0.1) is 12.7 Å². The average Bonchev–Trinajstić information content (AvgIpc) is 2.99. The van der Waals surface area contributed by atoms with Crippen LogP contribution in [0.25, 0.3) is 0 Å². The predicted octanol–water partition coefficient (Wildman–Crippen LogP) is 4.27. The second kappa shape index (κ2) is 9.29. The smallest absolute Gasteiger partial charge is 0.324 e. The van der Waals surface area contributed by atoms with Gasteiger partial charge in [-0.1, -0.05) is 57.0 Å². The lowest BCUT2D eigenvalue weighted by molar-refractivity contribution is -0.134. The Morgan fingerprint density at radius 3 is 2.48 bits per heavy atom. The van der Waals surface area contributed by atoms with Crippen molar-refractivity contribution in [2.24, 2.45) is 0 Å². The van der Waals surface area contributed by atoms with Crippen molar-refractivity contribution in [2.75, 3.05) is 11.9 Å². The van der Waals surface area contributed by atoms with Gasteiger partial charge in [0, 0.05) is 5.69 Å². The maximum absolute atomic E-state index is 13.4. The summed E-state index contributed by atoms with van der Waals surface area (Å²) in [5.74, 6) is -1.36. The van der Waals surface area contributed by atoms with Crippen LogP contribution in [-0.4, -0.2) is 29.3 Å². The van der Waals surface area contributed by atoms with Gasteiger partial charge in [-0.15, -0.1) is 0 Å². The molecule has 1 aliphatic heterocycles. The third-order valence-corrected chi connectivity index (χ3v) is 5.72. The first-order valence-electron chi connectivity index (χ1n) is 10.6. The molecular formula is C24H28FN3O3. The van der Waals surface area contributed by atoms with Crippen molar-refractivity contribution in [3.8, 4) is 0 Å². The van der Waals surface area contributed by atoms with E-state index in [1.54, 1.807) is 0 Å². The molecule has 1 fully saturated rings. The summed E-state index contributed by atoms with van der Waals surface area (Å²) < 4.78 is 13.4. The number of para-hydroxylation sites is 1. The topological polar surface area (TPSA) is 78.5 Å². The number of hydrogen-bond donors (Lipinski definition) is 2. The predicted molar refractivity (Wildman–Crippen MR) is 117 cm³/mol. The van der Waals surface area contributed by atoms with Gasteiger partial charge in [0.05, 0.1) is 0 Å². The lowest BCUT2D eigenvalue weighted by atomic mass is 9.85. The van der Waals surface area contributed by atoms with Crippen molar-refractivity contribution < 1.29 is 18.8 Å². The van der Waals surface area contributed by atoms with Gasteiger partial charge in [-0.3, -0.25) is 14.5 Å². The van der Waals surface area contributed by atoms with Crippen LogP contribution in [0.5, 0.6) is 0 Å². The average molecular weight is 426 g/mol. The van der Waals surface area contributed by atoms with Crippen LogP contribution in [0.1, 0.15) is 49.8 Å². The fourth-order valence-electron chi connectivity index (χ4n) is 3.98. The Labute approximate surface area is 181 Å². The first-order chi connectivity index (χ1) is 14.8. The third-order valence-electron chi connectivity index (χ3n) is 5.72. The maximum Gasteiger partial charge on any atom is 0.325 e. The molecule has 1 aliphatic rings. The monoisotopic (exact) mass is 425 g/mol. The van der Waals surface area contributed by atoms with Crippen LogP contribution < -0.4 is 10.6 Å². The first kappa shape index (κ1) is 22.5. The molecule has 1 saturated heterocycles. The number of urea groups is 1. The zero-order chi connectivity index (χ0) is 22.6. The van der Waals surface area contributed by atoms with E-state index in [9.17, 15) is 18.8 Å². The lowest BCUT2D eigenvalue weighted by Gasteiger charge is -2.27. The minimum Gasteiger partial charge on any atom is -0.324 e. The molecule has 164 valence electrons. The number of carbonyl (C=O) groups excluding carboxylic acids is 3. The van der Waals surface area contributed by atoms with Crippen LogP contribution in [0.4, 0.5) is 14.9 Å². The Morgan fingerprint density at radius 1 is 1.13 bits per heavy atom.